The quantitative estimate of drug-likeness (QED) is 0.661. The van der Waals surface area contributed by atoms with Crippen molar-refractivity contribution in [1.82, 2.24) is 15.2 Å². The van der Waals surface area contributed by atoms with Crippen molar-refractivity contribution in [3.8, 4) is 5.75 Å². The minimum Gasteiger partial charge on any atom is -0.496 e. The van der Waals surface area contributed by atoms with Crippen molar-refractivity contribution in [2.45, 2.75) is 12.5 Å². The molecule has 1 atom stereocenters. The molecule has 0 amide bonds. The third-order valence-electron chi connectivity index (χ3n) is 4.77. The molecule has 2 heterocycles. The molecule has 136 valence electrons. The van der Waals surface area contributed by atoms with Crippen LogP contribution in [0.15, 0.2) is 46.9 Å². The smallest absolute Gasteiger partial charge is 0.124 e. The van der Waals surface area contributed by atoms with Gasteiger partial charge in [0.05, 0.1) is 23.4 Å². The maximum Gasteiger partial charge on any atom is 0.124 e. The van der Waals surface area contributed by atoms with E-state index in [-0.39, 0.29) is 6.04 Å². The first-order valence-electron chi connectivity index (χ1n) is 8.90. The first kappa shape index (κ1) is 17.9. The third kappa shape index (κ3) is 3.64. The second-order valence-corrected chi connectivity index (χ2v) is 8.43. The maximum absolute atomic E-state index is 5.71. The van der Waals surface area contributed by atoms with Gasteiger partial charge in [-0.3, -0.25) is 4.90 Å². The lowest BCUT2D eigenvalue weighted by Crippen LogP contribution is -2.33. The van der Waals surface area contributed by atoms with Gasteiger partial charge >= 0.3 is 0 Å². The normalized spacial score (nSPS) is 17.2. The van der Waals surface area contributed by atoms with E-state index in [9.17, 15) is 0 Å². The van der Waals surface area contributed by atoms with Crippen LogP contribution in [0.5, 0.6) is 5.75 Å². The van der Waals surface area contributed by atoms with E-state index in [1.807, 2.05) is 12.1 Å². The molecule has 0 saturated carbocycles. The predicted molar refractivity (Wildman–Crippen MR) is 111 cm³/mol. The lowest BCUT2D eigenvalue weighted by Gasteiger charge is -2.30. The van der Waals surface area contributed by atoms with Crippen molar-refractivity contribution < 1.29 is 4.74 Å². The molecule has 1 N–H and O–H groups in total. The maximum atomic E-state index is 5.71. The molecule has 1 unspecified atom stereocenters. The molecule has 1 aliphatic heterocycles. The molecular formula is C20H22BrN3OS. The fourth-order valence-corrected chi connectivity index (χ4v) is 5.04. The highest BCUT2D eigenvalue weighted by atomic mass is 79.9. The number of aromatic nitrogens is 1. The topological polar surface area (TPSA) is 37.4 Å². The van der Waals surface area contributed by atoms with Gasteiger partial charge in [-0.1, -0.05) is 28.1 Å². The number of nitrogens with zero attached hydrogens (tertiary/aromatic N) is 2. The summed E-state index contributed by atoms with van der Waals surface area (Å²) in [6.45, 7) is 4.11. The zero-order chi connectivity index (χ0) is 17.9. The first-order chi connectivity index (χ1) is 12.8. The minimum absolute atomic E-state index is 0.0970. The fourth-order valence-electron chi connectivity index (χ4n) is 3.54. The van der Waals surface area contributed by atoms with Crippen LogP contribution in [-0.2, 0) is 0 Å². The number of hydrogen-bond donors (Lipinski definition) is 1. The van der Waals surface area contributed by atoms with E-state index in [0.717, 1.165) is 53.3 Å². The second-order valence-electron chi connectivity index (χ2n) is 6.45. The molecule has 1 saturated heterocycles. The van der Waals surface area contributed by atoms with Crippen molar-refractivity contribution in [2.75, 3.05) is 33.3 Å². The molecule has 1 aromatic heterocycles. The van der Waals surface area contributed by atoms with E-state index < -0.39 is 0 Å². The van der Waals surface area contributed by atoms with Crippen molar-refractivity contribution in [1.29, 1.82) is 0 Å². The summed E-state index contributed by atoms with van der Waals surface area (Å²) in [7, 11) is 1.74. The van der Waals surface area contributed by atoms with Crippen LogP contribution in [0.25, 0.3) is 10.2 Å². The Balaban J connectivity index is 1.85. The molecule has 6 heteroatoms. The van der Waals surface area contributed by atoms with Crippen molar-refractivity contribution in [3.63, 3.8) is 0 Å². The summed E-state index contributed by atoms with van der Waals surface area (Å²) in [5.41, 5.74) is 2.24. The van der Waals surface area contributed by atoms with Gasteiger partial charge in [-0.2, -0.15) is 0 Å². The molecule has 2 aromatic carbocycles. The van der Waals surface area contributed by atoms with Gasteiger partial charge in [-0.05, 0) is 43.3 Å². The number of ether oxygens (including phenoxy) is 1. The van der Waals surface area contributed by atoms with E-state index in [1.165, 1.54) is 10.3 Å². The molecule has 1 fully saturated rings. The number of hydrogen-bond acceptors (Lipinski definition) is 5. The Kier molecular flexibility index (Phi) is 5.55. The molecule has 4 nitrogen and oxygen atoms in total. The average molecular weight is 432 g/mol. The van der Waals surface area contributed by atoms with Crippen LogP contribution in [0.4, 0.5) is 0 Å². The summed E-state index contributed by atoms with van der Waals surface area (Å²) < 4.78 is 8.01. The highest BCUT2D eigenvalue weighted by molar-refractivity contribution is 9.10. The van der Waals surface area contributed by atoms with E-state index >= 15 is 0 Å². The fraction of sp³-hybridized carbons (Fsp3) is 0.350. The second kappa shape index (κ2) is 8.05. The van der Waals surface area contributed by atoms with Crippen LogP contribution in [0.2, 0.25) is 0 Å². The van der Waals surface area contributed by atoms with Gasteiger partial charge in [0.25, 0.3) is 0 Å². The van der Waals surface area contributed by atoms with E-state index in [4.69, 9.17) is 9.72 Å². The number of nitrogens with one attached hydrogen (secondary N) is 1. The molecular weight excluding hydrogens is 410 g/mol. The number of benzene rings is 2. The standard InChI is InChI=1S/C20H22BrN3OS/c1-25-17-8-7-14(21)13-15(17)19(24-11-4-9-22-10-12-24)20-23-16-5-2-3-6-18(16)26-20/h2-3,5-8,13,19,22H,4,9-12H2,1H3. The Morgan fingerprint density at radius 3 is 2.92 bits per heavy atom. The zero-order valence-electron chi connectivity index (χ0n) is 14.7. The molecule has 0 spiro atoms. The summed E-state index contributed by atoms with van der Waals surface area (Å²) in [4.78, 5) is 7.52. The van der Waals surface area contributed by atoms with Gasteiger partial charge in [0.1, 0.15) is 10.8 Å². The van der Waals surface area contributed by atoms with Crippen LogP contribution < -0.4 is 10.1 Å². The summed E-state index contributed by atoms with van der Waals surface area (Å²) in [5.74, 6) is 0.912. The van der Waals surface area contributed by atoms with Crippen molar-refractivity contribution in [3.05, 3.63) is 57.5 Å². The van der Waals surface area contributed by atoms with Crippen molar-refractivity contribution in [2.24, 2.45) is 0 Å². The lowest BCUT2D eigenvalue weighted by atomic mass is 10.0. The number of halogens is 1. The molecule has 1 aliphatic rings. The van der Waals surface area contributed by atoms with Gasteiger partial charge in [0, 0.05) is 29.7 Å². The van der Waals surface area contributed by atoms with Gasteiger partial charge in [0.2, 0.25) is 0 Å². The number of para-hydroxylation sites is 1. The number of rotatable bonds is 4. The Labute approximate surface area is 166 Å². The van der Waals surface area contributed by atoms with E-state index in [0.29, 0.717) is 0 Å². The van der Waals surface area contributed by atoms with Crippen LogP contribution in [0.3, 0.4) is 0 Å². The summed E-state index contributed by atoms with van der Waals surface area (Å²) in [6, 6.07) is 14.7. The highest BCUT2D eigenvalue weighted by Gasteiger charge is 2.29. The van der Waals surface area contributed by atoms with Gasteiger partial charge in [0.15, 0.2) is 0 Å². The Morgan fingerprint density at radius 2 is 2.08 bits per heavy atom. The largest absolute Gasteiger partial charge is 0.496 e. The van der Waals surface area contributed by atoms with Gasteiger partial charge < -0.3 is 10.1 Å². The predicted octanol–water partition coefficient (Wildman–Crippen LogP) is 4.45. The third-order valence-corrected chi connectivity index (χ3v) is 6.35. The molecule has 0 radical (unpaired) electrons. The first-order valence-corrected chi connectivity index (χ1v) is 10.5. The summed E-state index contributed by atoms with van der Waals surface area (Å²) in [5, 5.41) is 4.63. The Hall–Kier alpha value is -1.47. The Bertz CT molecular complexity index is 857. The highest BCUT2D eigenvalue weighted by Crippen LogP contribution is 2.39. The zero-order valence-corrected chi connectivity index (χ0v) is 17.1. The number of thiazole rings is 1. The van der Waals surface area contributed by atoms with E-state index in [1.54, 1.807) is 18.4 Å². The van der Waals surface area contributed by atoms with Gasteiger partial charge in [-0.25, -0.2) is 4.98 Å². The number of fused-ring (bicyclic) bond motifs is 1. The van der Waals surface area contributed by atoms with Crippen LogP contribution in [0, 0.1) is 0 Å². The van der Waals surface area contributed by atoms with Crippen LogP contribution in [-0.4, -0.2) is 43.2 Å². The van der Waals surface area contributed by atoms with Crippen LogP contribution >= 0.6 is 27.3 Å². The molecule has 0 bridgehead atoms. The average Bonchev–Trinajstić information content (AvgIpc) is 2.89. The monoisotopic (exact) mass is 431 g/mol. The molecule has 26 heavy (non-hydrogen) atoms. The molecule has 0 aliphatic carbocycles. The SMILES string of the molecule is COc1ccc(Br)cc1C(c1nc2ccccc2s1)N1CCCNCC1. The lowest BCUT2D eigenvalue weighted by molar-refractivity contribution is 0.236. The summed E-state index contributed by atoms with van der Waals surface area (Å²) >= 11 is 5.42. The Morgan fingerprint density at radius 1 is 1.19 bits per heavy atom. The number of methoxy groups -OCH3 is 1. The van der Waals surface area contributed by atoms with Crippen molar-refractivity contribution >= 4 is 37.5 Å². The molecule has 4 rings (SSSR count). The minimum atomic E-state index is 0.0970. The van der Waals surface area contributed by atoms with Crippen LogP contribution in [0.1, 0.15) is 23.0 Å². The van der Waals surface area contributed by atoms with Gasteiger partial charge in [-0.15, -0.1) is 11.3 Å². The molecule has 3 aromatic rings. The summed E-state index contributed by atoms with van der Waals surface area (Å²) in [6.07, 6.45) is 1.14. The van der Waals surface area contributed by atoms with E-state index in [2.05, 4.69) is 56.5 Å².